The average molecular weight is 255 g/mol. The van der Waals surface area contributed by atoms with Gasteiger partial charge in [-0.05, 0) is 70.7 Å². The lowest BCUT2D eigenvalue weighted by molar-refractivity contribution is 0.248. The Morgan fingerprint density at radius 1 is 0.889 bits per heavy atom. The molecule has 0 radical (unpaired) electrons. The van der Waals surface area contributed by atoms with Crippen LogP contribution in [0.4, 0.5) is 0 Å². The molecule has 3 nitrogen and oxygen atoms in total. The van der Waals surface area contributed by atoms with Gasteiger partial charge in [0.2, 0.25) is 0 Å². The van der Waals surface area contributed by atoms with Gasteiger partial charge in [0.25, 0.3) is 0 Å². The molecule has 18 heavy (non-hydrogen) atoms. The summed E-state index contributed by atoms with van der Waals surface area (Å²) >= 11 is 0. The van der Waals surface area contributed by atoms with Crippen molar-refractivity contribution in [1.29, 1.82) is 0 Å². The molecule has 0 saturated carbocycles. The molecule has 1 heterocycles. The van der Waals surface area contributed by atoms with Crippen LogP contribution in [0.25, 0.3) is 0 Å². The Kier molecular flexibility index (Phi) is 8.64. The highest BCUT2D eigenvalue weighted by atomic mass is 15.2. The number of hydrogen-bond acceptors (Lipinski definition) is 3. The van der Waals surface area contributed by atoms with E-state index in [9.17, 15) is 0 Å². The zero-order valence-electron chi connectivity index (χ0n) is 12.5. The second-order valence-corrected chi connectivity index (χ2v) is 6.07. The van der Waals surface area contributed by atoms with Gasteiger partial charge in [0.15, 0.2) is 0 Å². The normalized spacial score (nSPS) is 19.3. The molecule has 1 aliphatic heterocycles. The number of unbranched alkanes of at least 4 members (excludes halogenated alkanes) is 1. The molecule has 1 saturated heterocycles. The largest absolute Gasteiger partial charge is 0.330 e. The molecule has 108 valence electrons. The van der Waals surface area contributed by atoms with Crippen LogP contribution < -0.4 is 5.73 Å². The van der Waals surface area contributed by atoms with Gasteiger partial charge in [0.1, 0.15) is 0 Å². The number of nitrogens with zero attached hydrogens (tertiary/aromatic N) is 2. The molecule has 0 spiro atoms. The van der Waals surface area contributed by atoms with Crippen LogP contribution in [0.2, 0.25) is 0 Å². The van der Waals surface area contributed by atoms with Crippen LogP contribution in [0.15, 0.2) is 0 Å². The number of rotatable bonds is 8. The fourth-order valence-corrected chi connectivity index (χ4v) is 2.67. The van der Waals surface area contributed by atoms with Crippen molar-refractivity contribution in [2.75, 3.05) is 45.8 Å². The van der Waals surface area contributed by atoms with Crippen LogP contribution >= 0.6 is 0 Å². The maximum atomic E-state index is 5.55. The predicted molar refractivity (Wildman–Crippen MR) is 79.9 cm³/mol. The van der Waals surface area contributed by atoms with Gasteiger partial charge in [-0.3, -0.25) is 0 Å². The van der Waals surface area contributed by atoms with Crippen molar-refractivity contribution < 1.29 is 0 Å². The first kappa shape index (κ1) is 15.9. The van der Waals surface area contributed by atoms with Gasteiger partial charge in [-0.1, -0.05) is 13.8 Å². The van der Waals surface area contributed by atoms with Gasteiger partial charge in [0.05, 0.1) is 0 Å². The third kappa shape index (κ3) is 7.34. The molecule has 0 unspecified atom stereocenters. The summed E-state index contributed by atoms with van der Waals surface area (Å²) in [5, 5.41) is 0. The van der Waals surface area contributed by atoms with Gasteiger partial charge >= 0.3 is 0 Å². The minimum atomic E-state index is 0.842. The van der Waals surface area contributed by atoms with Crippen molar-refractivity contribution in [2.45, 2.75) is 46.0 Å². The third-order valence-electron chi connectivity index (χ3n) is 3.87. The maximum Gasteiger partial charge on any atom is 0.0109 e. The van der Waals surface area contributed by atoms with Gasteiger partial charge in [-0.15, -0.1) is 0 Å². The van der Waals surface area contributed by atoms with E-state index in [0.29, 0.717) is 0 Å². The van der Waals surface area contributed by atoms with E-state index >= 15 is 0 Å². The van der Waals surface area contributed by atoms with Crippen molar-refractivity contribution in [2.24, 2.45) is 11.7 Å². The lowest BCUT2D eigenvalue weighted by atomic mass is 10.1. The maximum absolute atomic E-state index is 5.55. The van der Waals surface area contributed by atoms with Crippen LogP contribution in [0.5, 0.6) is 0 Å². The summed E-state index contributed by atoms with van der Waals surface area (Å²) in [6.07, 6.45) is 6.52. The molecule has 0 aromatic rings. The number of nitrogens with two attached hydrogens (primary N) is 1. The molecule has 1 aliphatic rings. The summed E-state index contributed by atoms with van der Waals surface area (Å²) in [5.74, 6) is 0.852. The first-order chi connectivity index (χ1) is 8.72. The van der Waals surface area contributed by atoms with Crippen LogP contribution in [-0.2, 0) is 0 Å². The molecule has 1 fully saturated rings. The Bertz CT molecular complexity index is 194. The monoisotopic (exact) mass is 255 g/mol. The van der Waals surface area contributed by atoms with E-state index in [4.69, 9.17) is 5.73 Å². The molecule has 0 atom stereocenters. The van der Waals surface area contributed by atoms with E-state index in [2.05, 4.69) is 23.6 Å². The van der Waals surface area contributed by atoms with Crippen molar-refractivity contribution in [1.82, 2.24) is 9.80 Å². The molecule has 2 N–H and O–H groups in total. The van der Waals surface area contributed by atoms with Crippen molar-refractivity contribution in [3.8, 4) is 0 Å². The first-order valence-electron chi connectivity index (χ1n) is 7.87. The Labute approximate surface area is 114 Å². The summed E-state index contributed by atoms with van der Waals surface area (Å²) in [7, 11) is 0. The third-order valence-corrected chi connectivity index (χ3v) is 3.87. The molecule has 0 bridgehead atoms. The highest BCUT2D eigenvalue weighted by Gasteiger charge is 2.13. The topological polar surface area (TPSA) is 32.5 Å². The molecule has 0 aromatic heterocycles. The fraction of sp³-hybridized carbons (Fsp3) is 1.00. The predicted octanol–water partition coefficient (Wildman–Crippen LogP) is 2.17. The molecular weight excluding hydrogens is 222 g/mol. The Morgan fingerprint density at radius 3 is 2.06 bits per heavy atom. The molecule has 0 aliphatic carbocycles. The minimum absolute atomic E-state index is 0.842. The molecule has 0 amide bonds. The van der Waals surface area contributed by atoms with E-state index < -0.39 is 0 Å². The SMILES string of the molecule is CC(C)CCCN1CCCN(CCCCN)CC1. The second kappa shape index (κ2) is 9.76. The Morgan fingerprint density at radius 2 is 1.50 bits per heavy atom. The van der Waals surface area contributed by atoms with Gasteiger partial charge in [-0.25, -0.2) is 0 Å². The summed E-state index contributed by atoms with van der Waals surface area (Å²) in [6.45, 7) is 13.1. The van der Waals surface area contributed by atoms with E-state index in [1.54, 1.807) is 0 Å². The lowest BCUT2D eigenvalue weighted by Gasteiger charge is -2.22. The highest BCUT2D eigenvalue weighted by molar-refractivity contribution is 4.70. The van der Waals surface area contributed by atoms with Crippen LogP contribution in [-0.4, -0.2) is 55.6 Å². The zero-order chi connectivity index (χ0) is 13.2. The second-order valence-electron chi connectivity index (χ2n) is 6.07. The smallest absolute Gasteiger partial charge is 0.0109 e. The summed E-state index contributed by atoms with van der Waals surface area (Å²) in [6, 6.07) is 0. The van der Waals surface area contributed by atoms with Gasteiger partial charge in [-0.2, -0.15) is 0 Å². The van der Waals surface area contributed by atoms with Gasteiger partial charge < -0.3 is 15.5 Å². The molecule has 0 aromatic carbocycles. The Balaban J connectivity index is 2.11. The van der Waals surface area contributed by atoms with Crippen LogP contribution in [0.1, 0.15) is 46.0 Å². The van der Waals surface area contributed by atoms with Crippen LogP contribution in [0, 0.1) is 5.92 Å². The Hall–Kier alpha value is -0.120. The summed E-state index contributed by atoms with van der Waals surface area (Å²) in [5.41, 5.74) is 5.55. The average Bonchev–Trinajstić information content (AvgIpc) is 2.55. The number of hydrogen-bond donors (Lipinski definition) is 1. The molecular formula is C15H33N3. The van der Waals surface area contributed by atoms with Crippen molar-refractivity contribution in [3.63, 3.8) is 0 Å². The standard InChI is InChI=1S/C15H33N3/c1-15(2)7-5-10-18-12-6-11-17(13-14-18)9-4-3-8-16/h15H,3-14,16H2,1-2H3. The molecule has 3 heteroatoms. The van der Waals surface area contributed by atoms with Crippen molar-refractivity contribution >= 4 is 0 Å². The van der Waals surface area contributed by atoms with E-state index in [1.165, 1.54) is 71.4 Å². The van der Waals surface area contributed by atoms with E-state index in [-0.39, 0.29) is 0 Å². The fourth-order valence-electron chi connectivity index (χ4n) is 2.67. The molecule has 1 rings (SSSR count). The minimum Gasteiger partial charge on any atom is -0.330 e. The quantitative estimate of drug-likeness (QED) is 0.675. The van der Waals surface area contributed by atoms with Crippen LogP contribution in [0.3, 0.4) is 0 Å². The zero-order valence-corrected chi connectivity index (χ0v) is 12.5. The first-order valence-corrected chi connectivity index (χ1v) is 7.87. The summed E-state index contributed by atoms with van der Waals surface area (Å²) in [4.78, 5) is 5.28. The lowest BCUT2D eigenvalue weighted by Crippen LogP contribution is -2.32. The van der Waals surface area contributed by atoms with E-state index in [1.807, 2.05) is 0 Å². The van der Waals surface area contributed by atoms with Crippen molar-refractivity contribution in [3.05, 3.63) is 0 Å². The highest BCUT2D eigenvalue weighted by Crippen LogP contribution is 2.08. The van der Waals surface area contributed by atoms with E-state index in [0.717, 1.165) is 12.5 Å². The summed E-state index contributed by atoms with van der Waals surface area (Å²) < 4.78 is 0. The van der Waals surface area contributed by atoms with Gasteiger partial charge in [0, 0.05) is 13.1 Å².